The van der Waals surface area contributed by atoms with E-state index in [1.807, 2.05) is 31.2 Å². The van der Waals surface area contributed by atoms with Gasteiger partial charge >= 0.3 is 0 Å². The van der Waals surface area contributed by atoms with Crippen LogP contribution in [0, 0.1) is 6.92 Å². The van der Waals surface area contributed by atoms with Crippen LogP contribution in [0.15, 0.2) is 30.3 Å². The minimum absolute atomic E-state index is 0.158. The van der Waals surface area contributed by atoms with Gasteiger partial charge in [-0.1, -0.05) is 30.7 Å². The van der Waals surface area contributed by atoms with E-state index in [1.165, 1.54) is 6.42 Å². The van der Waals surface area contributed by atoms with E-state index in [9.17, 15) is 4.79 Å². The molecule has 1 aromatic carbocycles. The van der Waals surface area contributed by atoms with Gasteiger partial charge in [-0.3, -0.25) is 4.79 Å². The highest BCUT2D eigenvalue weighted by atomic mass is 35.5. The molecule has 1 N–H and O–H groups in total. The van der Waals surface area contributed by atoms with Crippen LogP contribution in [0.4, 0.5) is 5.95 Å². The number of aromatic nitrogens is 2. The summed E-state index contributed by atoms with van der Waals surface area (Å²) in [6.45, 7) is 5.61. The summed E-state index contributed by atoms with van der Waals surface area (Å²) in [5, 5.41) is 3.67. The lowest BCUT2D eigenvalue weighted by molar-refractivity contribution is 0.0949. The molecule has 1 atom stereocenters. The summed E-state index contributed by atoms with van der Waals surface area (Å²) in [5.74, 6) is 0.523. The molecule has 2 heterocycles. The van der Waals surface area contributed by atoms with E-state index in [0.717, 1.165) is 43.5 Å². The van der Waals surface area contributed by atoms with Crippen molar-refractivity contribution in [2.75, 3.05) is 18.0 Å². The highest BCUT2D eigenvalue weighted by molar-refractivity contribution is 6.30. The summed E-state index contributed by atoms with van der Waals surface area (Å²) in [4.78, 5) is 24.0. The molecule has 1 amide bonds. The molecular weight excluding hydrogens is 360 g/mol. The van der Waals surface area contributed by atoms with E-state index in [2.05, 4.69) is 27.1 Å². The molecule has 1 aliphatic heterocycles. The third-order valence-corrected chi connectivity index (χ3v) is 5.25. The van der Waals surface area contributed by atoms with Crippen molar-refractivity contribution in [1.29, 1.82) is 0 Å². The molecule has 1 fully saturated rings. The van der Waals surface area contributed by atoms with Crippen LogP contribution in [0.2, 0.25) is 5.02 Å². The molecule has 0 spiro atoms. The van der Waals surface area contributed by atoms with Gasteiger partial charge in [-0.15, -0.1) is 0 Å². The zero-order valence-electron chi connectivity index (χ0n) is 16.0. The van der Waals surface area contributed by atoms with Crippen molar-refractivity contribution in [2.24, 2.45) is 0 Å². The molecule has 2 aromatic rings. The first-order chi connectivity index (χ1) is 13.1. The van der Waals surface area contributed by atoms with Crippen LogP contribution in [0.3, 0.4) is 0 Å². The Bertz CT molecular complexity index is 796. The van der Waals surface area contributed by atoms with Gasteiger partial charge in [-0.25, -0.2) is 9.97 Å². The first-order valence-corrected chi connectivity index (χ1v) is 10.1. The molecule has 1 unspecified atom stereocenters. The van der Waals surface area contributed by atoms with Crippen molar-refractivity contribution in [3.05, 3.63) is 52.3 Å². The van der Waals surface area contributed by atoms with E-state index in [4.69, 9.17) is 11.6 Å². The van der Waals surface area contributed by atoms with Gasteiger partial charge in [-0.2, -0.15) is 0 Å². The number of rotatable bonds is 6. The number of nitrogens with one attached hydrogen (secondary N) is 1. The monoisotopic (exact) mass is 386 g/mol. The van der Waals surface area contributed by atoms with Crippen molar-refractivity contribution < 1.29 is 4.79 Å². The number of hydrogen-bond donors (Lipinski definition) is 1. The Kier molecular flexibility index (Phi) is 6.67. The average molecular weight is 387 g/mol. The molecule has 1 aromatic heterocycles. The highest BCUT2D eigenvalue weighted by Crippen LogP contribution is 2.24. The van der Waals surface area contributed by atoms with Crippen molar-refractivity contribution in [3.63, 3.8) is 0 Å². The zero-order chi connectivity index (χ0) is 19.2. The Labute approximate surface area is 166 Å². The lowest BCUT2D eigenvalue weighted by Gasteiger charge is -2.35. The maximum atomic E-state index is 12.6. The smallest absolute Gasteiger partial charge is 0.270 e. The number of carbonyl (C=O) groups is 1. The molecule has 6 heteroatoms. The summed E-state index contributed by atoms with van der Waals surface area (Å²) in [6, 6.07) is 9.90. The van der Waals surface area contributed by atoms with Gasteiger partial charge in [0.25, 0.3) is 5.91 Å². The van der Waals surface area contributed by atoms with Crippen LogP contribution in [-0.4, -0.2) is 35.0 Å². The predicted octanol–water partition coefficient (Wildman–Crippen LogP) is 4.18. The summed E-state index contributed by atoms with van der Waals surface area (Å²) in [5.41, 5.74) is 2.35. The van der Waals surface area contributed by atoms with Crippen LogP contribution in [0.5, 0.6) is 0 Å². The molecule has 144 valence electrons. The van der Waals surface area contributed by atoms with Crippen LogP contribution >= 0.6 is 11.6 Å². The predicted molar refractivity (Wildman–Crippen MR) is 110 cm³/mol. The number of carbonyl (C=O) groups excluding carboxylic acids is 1. The maximum Gasteiger partial charge on any atom is 0.270 e. The van der Waals surface area contributed by atoms with Gasteiger partial charge in [0, 0.05) is 29.8 Å². The average Bonchev–Trinajstić information content (AvgIpc) is 2.67. The number of piperidine rings is 1. The summed E-state index contributed by atoms with van der Waals surface area (Å²) in [7, 11) is 0. The van der Waals surface area contributed by atoms with E-state index in [1.54, 1.807) is 6.07 Å². The number of benzene rings is 1. The van der Waals surface area contributed by atoms with Gasteiger partial charge < -0.3 is 10.2 Å². The van der Waals surface area contributed by atoms with Gasteiger partial charge in [0.15, 0.2) is 0 Å². The Hall–Kier alpha value is -2.14. The number of aryl methyl sites for hydroxylation is 1. The number of halogens is 1. The first kappa shape index (κ1) is 19.6. The lowest BCUT2D eigenvalue weighted by atomic mass is 10.0. The normalized spacial score (nSPS) is 17.0. The van der Waals surface area contributed by atoms with Gasteiger partial charge in [0.05, 0.1) is 0 Å². The molecular formula is C21H27ClN4O. The summed E-state index contributed by atoms with van der Waals surface area (Å²) < 4.78 is 0. The third-order valence-electron chi connectivity index (χ3n) is 5.02. The summed E-state index contributed by atoms with van der Waals surface area (Å²) >= 11 is 6.01. The molecule has 5 nitrogen and oxygen atoms in total. The second kappa shape index (κ2) is 9.18. The van der Waals surface area contributed by atoms with Crippen LogP contribution in [0.1, 0.15) is 54.4 Å². The highest BCUT2D eigenvalue weighted by Gasteiger charge is 2.24. The van der Waals surface area contributed by atoms with Crippen molar-refractivity contribution in [2.45, 2.75) is 52.0 Å². The molecule has 1 aliphatic rings. The standard InChI is InChI=1S/C21H27ClN4O/c1-3-18-9-4-5-12-26(18)21-24-15(2)13-19(25-21)20(27)23-11-10-16-7-6-8-17(22)14-16/h6-8,13-14,18H,3-5,9-12H2,1-2H3,(H,23,27). The minimum Gasteiger partial charge on any atom is -0.350 e. The lowest BCUT2D eigenvalue weighted by Crippen LogP contribution is -2.40. The fourth-order valence-corrected chi connectivity index (χ4v) is 3.80. The quantitative estimate of drug-likeness (QED) is 0.809. The number of hydrogen-bond acceptors (Lipinski definition) is 4. The molecule has 0 saturated carbocycles. The number of nitrogens with zero attached hydrogens (tertiary/aromatic N) is 3. The molecule has 0 bridgehead atoms. The van der Waals surface area contributed by atoms with Crippen LogP contribution in [0.25, 0.3) is 0 Å². The number of anilines is 1. The Morgan fingerprint density at radius 1 is 1.30 bits per heavy atom. The SMILES string of the molecule is CCC1CCCCN1c1nc(C)cc(C(=O)NCCc2cccc(Cl)c2)n1. The van der Waals surface area contributed by atoms with Crippen LogP contribution < -0.4 is 10.2 Å². The second-order valence-corrected chi connectivity index (χ2v) is 7.52. The Morgan fingerprint density at radius 2 is 2.15 bits per heavy atom. The molecule has 0 radical (unpaired) electrons. The summed E-state index contributed by atoms with van der Waals surface area (Å²) in [6.07, 6.45) is 5.35. The first-order valence-electron chi connectivity index (χ1n) is 9.71. The number of amides is 1. The minimum atomic E-state index is -0.158. The molecule has 27 heavy (non-hydrogen) atoms. The van der Waals surface area contributed by atoms with Crippen LogP contribution in [-0.2, 0) is 6.42 Å². The van der Waals surface area contributed by atoms with Crippen molar-refractivity contribution in [3.8, 4) is 0 Å². The third kappa shape index (κ3) is 5.19. The fourth-order valence-electron chi connectivity index (χ4n) is 3.59. The van der Waals surface area contributed by atoms with E-state index in [-0.39, 0.29) is 5.91 Å². The fraction of sp³-hybridized carbons (Fsp3) is 0.476. The Balaban J connectivity index is 1.66. The van der Waals surface area contributed by atoms with Gasteiger partial charge in [-0.05, 0) is 62.8 Å². The van der Waals surface area contributed by atoms with Crippen molar-refractivity contribution >= 4 is 23.5 Å². The van der Waals surface area contributed by atoms with Gasteiger partial charge in [0.2, 0.25) is 5.95 Å². The van der Waals surface area contributed by atoms with E-state index in [0.29, 0.717) is 29.3 Å². The second-order valence-electron chi connectivity index (χ2n) is 7.08. The van der Waals surface area contributed by atoms with Gasteiger partial charge in [0.1, 0.15) is 5.69 Å². The van der Waals surface area contributed by atoms with E-state index >= 15 is 0 Å². The topological polar surface area (TPSA) is 58.1 Å². The molecule has 1 saturated heterocycles. The molecule has 3 rings (SSSR count). The van der Waals surface area contributed by atoms with Crippen molar-refractivity contribution in [1.82, 2.24) is 15.3 Å². The maximum absolute atomic E-state index is 12.6. The largest absolute Gasteiger partial charge is 0.350 e. The zero-order valence-corrected chi connectivity index (χ0v) is 16.8. The Morgan fingerprint density at radius 3 is 2.93 bits per heavy atom. The molecule has 0 aliphatic carbocycles. The van der Waals surface area contributed by atoms with E-state index < -0.39 is 0 Å².